The van der Waals surface area contributed by atoms with Crippen molar-refractivity contribution in [3.63, 3.8) is 0 Å². The van der Waals surface area contributed by atoms with Crippen LogP contribution in [0.4, 0.5) is 4.39 Å². The monoisotopic (exact) mass is 197 g/mol. The summed E-state index contributed by atoms with van der Waals surface area (Å²) in [6, 6.07) is 1.53. The van der Waals surface area contributed by atoms with Crippen molar-refractivity contribution in [2.75, 3.05) is 0 Å². The lowest BCUT2D eigenvalue weighted by Crippen LogP contribution is -2.24. The quantitative estimate of drug-likeness (QED) is 0.807. The Kier molecular flexibility index (Phi) is 3.21. The third-order valence-corrected chi connectivity index (χ3v) is 2.16. The minimum Gasteiger partial charge on any atom is -0.385 e. The number of rotatable bonds is 3. The van der Waals surface area contributed by atoms with Gasteiger partial charge in [-0.1, -0.05) is 13.8 Å². The highest BCUT2D eigenvalue weighted by molar-refractivity contribution is 5.20. The van der Waals surface area contributed by atoms with E-state index in [1.807, 2.05) is 13.8 Å². The topological polar surface area (TPSA) is 33.1 Å². The van der Waals surface area contributed by atoms with E-state index in [0.717, 1.165) is 6.20 Å². The smallest absolute Gasteiger partial charge is 0.147 e. The number of aliphatic hydroxyl groups is 1. The van der Waals surface area contributed by atoms with Crippen LogP contribution >= 0.6 is 0 Å². The summed E-state index contributed by atoms with van der Waals surface area (Å²) in [6.45, 7) is 5.62. The lowest BCUT2D eigenvalue weighted by Gasteiger charge is -2.25. The molecular formula is C11H16FNO. The van der Waals surface area contributed by atoms with Crippen molar-refractivity contribution in [3.8, 4) is 0 Å². The van der Waals surface area contributed by atoms with E-state index in [0.29, 0.717) is 17.9 Å². The van der Waals surface area contributed by atoms with E-state index in [-0.39, 0.29) is 0 Å². The van der Waals surface area contributed by atoms with Gasteiger partial charge in [-0.3, -0.25) is 4.98 Å². The van der Waals surface area contributed by atoms with E-state index in [1.165, 1.54) is 12.3 Å². The molecule has 1 rings (SSSR count). The molecule has 0 aromatic carbocycles. The van der Waals surface area contributed by atoms with Gasteiger partial charge >= 0.3 is 0 Å². The Balaban J connectivity index is 2.97. The van der Waals surface area contributed by atoms with Gasteiger partial charge in [-0.2, -0.15) is 0 Å². The summed E-state index contributed by atoms with van der Waals surface area (Å²) < 4.78 is 13.3. The number of nitrogens with zero attached hydrogens (tertiary/aromatic N) is 1. The van der Waals surface area contributed by atoms with Crippen molar-refractivity contribution < 1.29 is 9.50 Å². The zero-order chi connectivity index (χ0) is 10.8. The van der Waals surface area contributed by atoms with Crippen LogP contribution in [0.1, 0.15) is 32.8 Å². The van der Waals surface area contributed by atoms with Gasteiger partial charge in [0.1, 0.15) is 5.82 Å². The van der Waals surface area contributed by atoms with Gasteiger partial charge < -0.3 is 5.11 Å². The molecule has 1 aromatic rings. The highest BCUT2D eigenvalue weighted by atomic mass is 19.1. The van der Waals surface area contributed by atoms with Gasteiger partial charge in [-0.05, 0) is 25.3 Å². The van der Waals surface area contributed by atoms with Crippen LogP contribution in [-0.4, -0.2) is 10.1 Å². The van der Waals surface area contributed by atoms with Crippen LogP contribution in [0.2, 0.25) is 0 Å². The molecule has 1 N–H and O–H groups in total. The third-order valence-electron chi connectivity index (χ3n) is 2.16. The summed E-state index contributed by atoms with van der Waals surface area (Å²) in [4.78, 5) is 3.65. The van der Waals surface area contributed by atoms with E-state index >= 15 is 0 Å². The molecule has 0 amide bonds. The molecule has 1 atom stereocenters. The normalized spacial score (nSPS) is 15.6. The molecule has 78 valence electrons. The van der Waals surface area contributed by atoms with Crippen molar-refractivity contribution >= 4 is 0 Å². The Labute approximate surface area is 83.8 Å². The summed E-state index contributed by atoms with van der Waals surface area (Å²) in [7, 11) is 0. The van der Waals surface area contributed by atoms with Gasteiger partial charge in [-0.15, -0.1) is 0 Å². The Hall–Kier alpha value is -0.960. The molecule has 3 heteroatoms. The molecule has 0 fully saturated rings. The molecular weight excluding hydrogens is 181 g/mol. The first kappa shape index (κ1) is 11.1. The Morgan fingerprint density at radius 1 is 1.57 bits per heavy atom. The van der Waals surface area contributed by atoms with Gasteiger partial charge in [0, 0.05) is 11.8 Å². The summed E-state index contributed by atoms with van der Waals surface area (Å²) in [6.07, 6.45) is 3.16. The van der Waals surface area contributed by atoms with E-state index in [4.69, 9.17) is 0 Å². The van der Waals surface area contributed by atoms with Gasteiger partial charge in [0.2, 0.25) is 0 Å². The van der Waals surface area contributed by atoms with Crippen LogP contribution in [0.3, 0.4) is 0 Å². The molecule has 1 heterocycles. The molecule has 0 saturated heterocycles. The van der Waals surface area contributed by atoms with E-state index in [9.17, 15) is 9.50 Å². The molecule has 0 aliphatic rings. The van der Waals surface area contributed by atoms with Crippen LogP contribution in [0.5, 0.6) is 0 Å². The van der Waals surface area contributed by atoms with E-state index in [2.05, 4.69) is 4.98 Å². The summed E-state index contributed by atoms with van der Waals surface area (Å²) in [5.74, 6) is -0.129. The zero-order valence-corrected chi connectivity index (χ0v) is 8.79. The second-order valence-corrected chi connectivity index (χ2v) is 4.23. The van der Waals surface area contributed by atoms with Crippen molar-refractivity contribution in [2.45, 2.75) is 32.8 Å². The fourth-order valence-electron chi connectivity index (χ4n) is 1.72. The minimum atomic E-state index is -1.11. The summed E-state index contributed by atoms with van der Waals surface area (Å²) >= 11 is 0. The Bertz CT molecular complexity index is 310. The molecule has 0 radical (unpaired) electrons. The average molecular weight is 197 g/mol. The average Bonchev–Trinajstić information content (AvgIpc) is 2.02. The molecule has 0 bridgehead atoms. The largest absolute Gasteiger partial charge is 0.385 e. The fraction of sp³-hybridized carbons (Fsp3) is 0.545. The second-order valence-electron chi connectivity index (χ2n) is 4.23. The molecule has 0 saturated carbocycles. The Morgan fingerprint density at radius 2 is 2.21 bits per heavy atom. The van der Waals surface area contributed by atoms with Crippen LogP contribution in [0.15, 0.2) is 18.5 Å². The van der Waals surface area contributed by atoms with E-state index < -0.39 is 11.4 Å². The number of hydrogen-bond acceptors (Lipinski definition) is 2. The first-order valence-electron chi connectivity index (χ1n) is 4.76. The van der Waals surface area contributed by atoms with Crippen LogP contribution < -0.4 is 0 Å². The maximum absolute atomic E-state index is 13.3. The van der Waals surface area contributed by atoms with Crippen molar-refractivity contribution in [1.82, 2.24) is 4.98 Å². The molecule has 0 aliphatic heterocycles. The second kappa shape index (κ2) is 4.05. The third kappa shape index (κ3) is 2.51. The predicted molar refractivity (Wildman–Crippen MR) is 53.2 cm³/mol. The van der Waals surface area contributed by atoms with Gasteiger partial charge in [0.05, 0.1) is 11.8 Å². The summed E-state index contributed by atoms with van der Waals surface area (Å²) in [5, 5.41) is 10.1. The van der Waals surface area contributed by atoms with Gasteiger partial charge in [0.25, 0.3) is 0 Å². The molecule has 1 unspecified atom stereocenters. The minimum absolute atomic E-state index is 0.317. The predicted octanol–water partition coefficient (Wildman–Crippen LogP) is 2.47. The highest BCUT2D eigenvalue weighted by Gasteiger charge is 2.27. The number of aromatic nitrogens is 1. The van der Waals surface area contributed by atoms with Gasteiger partial charge in [-0.25, -0.2) is 4.39 Å². The number of hydrogen-bond donors (Lipinski definition) is 1. The number of pyridine rings is 1. The van der Waals surface area contributed by atoms with Crippen LogP contribution in [0.25, 0.3) is 0 Å². The maximum atomic E-state index is 13.3. The zero-order valence-electron chi connectivity index (χ0n) is 8.79. The fourth-order valence-corrected chi connectivity index (χ4v) is 1.72. The molecule has 0 spiro atoms. The number of halogens is 1. The maximum Gasteiger partial charge on any atom is 0.147 e. The first-order valence-corrected chi connectivity index (χ1v) is 4.76. The molecule has 14 heavy (non-hydrogen) atoms. The SMILES string of the molecule is CC(C)CC(C)(O)c1ccncc1F. The van der Waals surface area contributed by atoms with E-state index in [1.54, 1.807) is 6.92 Å². The van der Waals surface area contributed by atoms with Crippen molar-refractivity contribution in [1.29, 1.82) is 0 Å². The standard InChI is InChI=1S/C11H16FNO/c1-8(2)6-11(3,14)9-4-5-13-7-10(9)12/h4-5,7-8,14H,6H2,1-3H3. The van der Waals surface area contributed by atoms with Crippen molar-refractivity contribution in [3.05, 3.63) is 29.8 Å². The highest BCUT2D eigenvalue weighted by Crippen LogP contribution is 2.29. The Morgan fingerprint density at radius 3 is 2.71 bits per heavy atom. The lowest BCUT2D eigenvalue weighted by molar-refractivity contribution is 0.0313. The first-order chi connectivity index (χ1) is 6.43. The lowest BCUT2D eigenvalue weighted by atomic mass is 9.88. The summed E-state index contributed by atoms with van der Waals surface area (Å²) in [5.41, 5.74) is -0.789. The molecule has 1 aromatic heterocycles. The van der Waals surface area contributed by atoms with Crippen molar-refractivity contribution in [2.24, 2.45) is 5.92 Å². The van der Waals surface area contributed by atoms with Crippen LogP contribution in [0, 0.1) is 11.7 Å². The van der Waals surface area contributed by atoms with Gasteiger partial charge in [0.15, 0.2) is 0 Å². The molecule has 0 aliphatic carbocycles. The van der Waals surface area contributed by atoms with Crippen LogP contribution in [-0.2, 0) is 5.60 Å². The molecule has 2 nitrogen and oxygen atoms in total.